The van der Waals surface area contributed by atoms with Crippen LogP contribution in [0.25, 0.3) is 20.7 Å². The van der Waals surface area contributed by atoms with Crippen molar-refractivity contribution in [3.05, 3.63) is 82.1 Å². The highest BCUT2D eigenvalue weighted by Crippen LogP contribution is 2.32. The lowest BCUT2D eigenvalue weighted by atomic mass is 10.0. The summed E-state index contributed by atoms with van der Waals surface area (Å²) in [7, 11) is 1.68. The molecule has 168 valence electrons. The Bertz CT molecular complexity index is 1380. The Morgan fingerprint density at radius 3 is 2.48 bits per heavy atom. The molecule has 6 nitrogen and oxygen atoms in total. The van der Waals surface area contributed by atoms with Crippen LogP contribution in [0.4, 0.5) is 0 Å². The molecule has 1 N–H and O–H groups in total. The number of carbonyl (C=O) groups is 2. The molecule has 8 heteroatoms. The molecule has 0 bridgehead atoms. The first-order valence-electron chi connectivity index (χ1n) is 10.4. The van der Waals surface area contributed by atoms with E-state index in [1.54, 1.807) is 19.2 Å². The Labute approximate surface area is 199 Å². The van der Waals surface area contributed by atoms with E-state index < -0.39 is 0 Å². The summed E-state index contributed by atoms with van der Waals surface area (Å²) in [4.78, 5) is 43.2. The quantitative estimate of drug-likeness (QED) is 0.234. The third-order valence-electron chi connectivity index (χ3n) is 5.27. The van der Waals surface area contributed by atoms with E-state index in [9.17, 15) is 14.4 Å². The molecule has 4 aromatic rings. The van der Waals surface area contributed by atoms with E-state index in [1.807, 2.05) is 55.5 Å². The van der Waals surface area contributed by atoms with Crippen molar-refractivity contribution < 1.29 is 9.59 Å². The Balaban J connectivity index is 1.51. The second-order valence-corrected chi connectivity index (χ2v) is 9.68. The van der Waals surface area contributed by atoms with Crippen molar-refractivity contribution in [1.82, 2.24) is 14.9 Å². The number of amides is 1. The third-order valence-corrected chi connectivity index (χ3v) is 7.38. The Kier molecular flexibility index (Phi) is 6.76. The van der Waals surface area contributed by atoms with Gasteiger partial charge in [0, 0.05) is 24.4 Å². The number of aromatic nitrogens is 2. The summed E-state index contributed by atoms with van der Waals surface area (Å²) in [6.45, 7) is 3.37. The van der Waals surface area contributed by atoms with Crippen LogP contribution in [0.2, 0.25) is 0 Å². The van der Waals surface area contributed by atoms with Gasteiger partial charge in [-0.1, -0.05) is 66.4 Å². The second kappa shape index (κ2) is 9.72. The van der Waals surface area contributed by atoms with E-state index in [0.29, 0.717) is 20.9 Å². The highest BCUT2D eigenvalue weighted by molar-refractivity contribution is 7.99. The standard InChI is InChI=1S/C25H23N3O3S2/c1-15(26-16(2)29)17-9-11-18(12-10-17)21(30)14-32-25-27-23-20(24(31)28(25)3)13-22(33-23)19-7-5-4-6-8-19/h4-13,15H,14H2,1-3H3,(H,26,29). The van der Waals surface area contributed by atoms with Gasteiger partial charge in [-0.2, -0.15) is 0 Å². The Hall–Kier alpha value is -3.23. The fourth-order valence-corrected chi connectivity index (χ4v) is 5.42. The van der Waals surface area contributed by atoms with Crippen molar-refractivity contribution in [2.24, 2.45) is 7.05 Å². The van der Waals surface area contributed by atoms with Gasteiger partial charge in [-0.15, -0.1) is 11.3 Å². The first kappa shape index (κ1) is 22.9. The zero-order chi connectivity index (χ0) is 23.5. The first-order chi connectivity index (χ1) is 15.8. The largest absolute Gasteiger partial charge is 0.350 e. The van der Waals surface area contributed by atoms with Gasteiger partial charge in [0.2, 0.25) is 5.91 Å². The molecule has 4 rings (SSSR count). The van der Waals surface area contributed by atoms with Gasteiger partial charge in [-0.25, -0.2) is 4.98 Å². The molecule has 0 fully saturated rings. The molecule has 1 amide bonds. The second-order valence-electron chi connectivity index (χ2n) is 7.71. The number of ketones is 1. The van der Waals surface area contributed by atoms with E-state index in [1.165, 1.54) is 34.6 Å². The van der Waals surface area contributed by atoms with Crippen LogP contribution in [0.3, 0.4) is 0 Å². The predicted molar refractivity (Wildman–Crippen MR) is 134 cm³/mol. The number of fused-ring (bicyclic) bond motifs is 1. The van der Waals surface area contributed by atoms with Crippen LogP contribution in [0.5, 0.6) is 0 Å². The molecule has 2 heterocycles. The average Bonchev–Trinajstić information content (AvgIpc) is 3.25. The van der Waals surface area contributed by atoms with Crippen molar-refractivity contribution in [2.75, 3.05) is 5.75 Å². The SMILES string of the molecule is CC(=O)NC(C)c1ccc(C(=O)CSc2nc3sc(-c4ccccc4)cc3c(=O)n2C)cc1. The highest BCUT2D eigenvalue weighted by Gasteiger charge is 2.15. The van der Waals surface area contributed by atoms with Gasteiger partial charge in [0.25, 0.3) is 5.56 Å². The monoisotopic (exact) mass is 477 g/mol. The van der Waals surface area contributed by atoms with E-state index in [-0.39, 0.29) is 29.0 Å². The van der Waals surface area contributed by atoms with Crippen LogP contribution in [0, 0.1) is 0 Å². The van der Waals surface area contributed by atoms with Crippen LogP contribution in [0.15, 0.2) is 70.6 Å². The number of carbonyl (C=O) groups excluding carboxylic acids is 2. The average molecular weight is 478 g/mol. The molecule has 0 spiro atoms. The van der Waals surface area contributed by atoms with Crippen LogP contribution in [0.1, 0.15) is 35.8 Å². The molecule has 2 aromatic carbocycles. The third kappa shape index (κ3) is 5.07. The Morgan fingerprint density at radius 1 is 1.12 bits per heavy atom. The minimum absolute atomic E-state index is 0.0516. The minimum atomic E-state index is -0.127. The number of thiophene rings is 1. The minimum Gasteiger partial charge on any atom is -0.350 e. The zero-order valence-electron chi connectivity index (χ0n) is 18.5. The van der Waals surface area contributed by atoms with Gasteiger partial charge < -0.3 is 5.32 Å². The molecule has 1 atom stereocenters. The summed E-state index contributed by atoms with van der Waals surface area (Å²) in [5.74, 6) is 0.0172. The van der Waals surface area contributed by atoms with Gasteiger partial charge in [0.15, 0.2) is 10.9 Å². The summed E-state index contributed by atoms with van der Waals surface area (Å²) in [5, 5.41) is 3.92. The van der Waals surface area contributed by atoms with Gasteiger partial charge >= 0.3 is 0 Å². The van der Waals surface area contributed by atoms with E-state index in [4.69, 9.17) is 0 Å². The Morgan fingerprint density at radius 2 is 1.82 bits per heavy atom. The number of hydrogen-bond donors (Lipinski definition) is 1. The van der Waals surface area contributed by atoms with E-state index in [0.717, 1.165) is 16.0 Å². The number of nitrogens with zero attached hydrogens (tertiary/aromatic N) is 2. The summed E-state index contributed by atoms with van der Waals surface area (Å²) in [6, 6.07) is 18.9. The molecule has 0 aliphatic rings. The van der Waals surface area contributed by atoms with Crippen LogP contribution < -0.4 is 10.9 Å². The van der Waals surface area contributed by atoms with Gasteiger partial charge in [0.1, 0.15) is 4.83 Å². The van der Waals surface area contributed by atoms with Crippen molar-refractivity contribution in [1.29, 1.82) is 0 Å². The normalized spacial score (nSPS) is 12.0. The maximum atomic E-state index is 12.9. The summed E-state index contributed by atoms with van der Waals surface area (Å²) in [6.07, 6.45) is 0. The van der Waals surface area contributed by atoms with Crippen LogP contribution >= 0.6 is 23.1 Å². The van der Waals surface area contributed by atoms with Gasteiger partial charge in [-0.05, 0) is 24.1 Å². The molecule has 1 unspecified atom stereocenters. The zero-order valence-corrected chi connectivity index (χ0v) is 20.1. The maximum absolute atomic E-state index is 12.9. The maximum Gasteiger partial charge on any atom is 0.262 e. The molecule has 0 radical (unpaired) electrons. The number of rotatable bonds is 7. The fourth-order valence-electron chi connectivity index (χ4n) is 3.48. The lowest BCUT2D eigenvalue weighted by Crippen LogP contribution is -2.23. The molecular weight excluding hydrogens is 454 g/mol. The summed E-state index contributed by atoms with van der Waals surface area (Å²) in [5.41, 5.74) is 2.43. The van der Waals surface area contributed by atoms with Crippen molar-refractivity contribution in [2.45, 2.75) is 25.0 Å². The molecule has 0 aliphatic carbocycles. The van der Waals surface area contributed by atoms with Gasteiger partial charge in [0.05, 0.1) is 17.2 Å². The molecule has 2 aromatic heterocycles. The van der Waals surface area contributed by atoms with Crippen LogP contribution in [-0.4, -0.2) is 27.0 Å². The molecule has 0 saturated carbocycles. The van der Waals surface area contributed by atoms with Crippen molar-refractivity contribution in [3.63, 3.8) is 0 Å². The lowest BCUT2D eigenvalue weighted by Gasteiger charge is -2.13. The van der Waals surface area contributed by atoms with Gasteiger partial charge in [-0.3, -0.25) is 19.0 Å². The number of benzene rings is 2. The predicted octanol–water partition coefficient (Wildman–Crippen LogP) is 4.83. The van der Waals surface area contributed by atoms with Crippen molar-refractivity contribution in [3.8, 4) is 10.4 Å². The fraction of sp³-hybridized carbons (Fsp3) is 0.200. The molecular formula is C25H23N3O3S2. The molecule has 0 aliphatic heterocycles. The lowest BCUT2D eigenvalue weighted by molar-refractivity contribution is -0.119. The first-order valence-corrected chi connectivity index (χ1v) is 12.2. The summed E-state index contributed by atoms with van der Waals surface area (Å²) >= 11 is 2.73. The number of thioether (sulfide) groups is 1. The number of nitrogens with one attached hydrogen (secondary N) is 1. The van der Waals surface area contributed by atoms with E-state index in [2.05, 4.69) is 10.3 Å². The molecule has 0 saturated heterocycles. The molecule has 33 heavy (non-hydrogen) atoms. The van der Waals surface area contributed by atoms with Crippen molar-refractivity contribution >= 4 is 45.0 Å². The summed E-state index contributed by atoms with van der Waals surface area (Å²) < 4.78 is 1.50. The van der Waals surface area contributed by atoms with Crippen LogP contribution in [-0.2, 0) is 11.8 Å². The van der Waals surface area contributed by atoms with E-state index >= 15 is 0 Å². The number of hydrogen-bond acceptors (Lipinski definition) is 6. The smallest absolute Gasteiger partial charge is 0.262 e. The highest BCUT2D eigenvalue weighted by atomic mass is 32.2. The topological polar surface area (TPSA) is 81.1 Å². The number of Topliss-reactive ketones (excluding diaryl/α,β-unsaturated/α-hetero) is 1.